The van der Waals surface area contributed by atoms with E-state index in [-0.39, 0.29) is 16.2 Å². The van der Waals surface area contributed by atoms with Crippen LogP contribution in [-0.2, 0) is 16.2 Å². The van der Waals surface area contributed by atoms with E-state index in [2.05, 4.69) is 128 Å². The maximum Gasteiger partial charge on any atom is 0.0702 e. The Morgan fingerprint density at radius 1 is 0.622 bits per heavy atom. The summed E-state index contributed by atoms with van der Waals surface area (Å²) in [6.07, 6.45) is 16.4. The largest absolute Gasteiger partial charge is 0.309 e. The van der Waals surface area contributed by atoms with Gasteiger partial charge in [0.25, 0.3) is 0 Å². The molecule has 2 heterocycles. The predicted octanol–water partition coefficient (Wildman–Crippen LogP) is 10.0. The third-order valence-corrected chi connectivity index (χ3v) is 11.0. The van der Waals surface area contributed by atoms with Crippen molar-refractivity contribution in [3.05, 3.63) is 71.2 Å². The predicted molar refractivity (Wildman–Crippen MR) is 194 cm³/mol. The molecule has 0 spiro atoms. The van der Waals surface area contributed by atoms with E-state index >= 15 is 0 Å². The quantitative estimate of drug-likeness (QED) is 0.142. The Hall–Kier alpha value is -2.56. The number of hydrogen-bond acceptors (Lipinski definition) is 4. The summed E-state index contributed by atoms with van der Waals surface area (Å²) >= 11 is 0. The molecule has 4 heteroatoms. The van der Waals surface area contributed by atoms with Crippen LogP contribution in [-0.4, -0.2) is 61.0 Å². The van der Waals surface area contributed by atoms with Gasteiger partial charge in [-0.25, -0.2) is 0 Å². The third kappa shape index (κ3) is 8.06. The van der Waals surface area contributed by atoms with Gasteiger partial charge in [-0.3, -0.25) is 9.97 Å². The monoisotopic (exact) mass is 610 g/mol. The molecule has 45 heavy (non-hydrogen) atoms. The van der Waals surface area contributed by atoms with E-state index < -0.39 is 0 Å². The molecule has 0 radical (unpaired) electrons. The molecule has 0 aliphatic heterocycles. The fraction of sp³-hybridized carbons (Fsp3) is 0.610. The van der Waals surface area contributed by atoms with Crippen LogP contribution in [0.3, 0.4) is 0 Å². The van der Waals surface area contributed by atoms with E-state index in [1.807, 2.05) is 0 Å². The SMILES string of the molecule is CCC(C)(C)c1ccc(-c2ccc3c(c2)C(CCCCCN(C)C)(CCCCCN(C)C)c2cc(C(C)(C)CC)ncc2-3)nc1. The lowest BCUT2D eigenvalue weighted by Crippen LogP contribution is -2.27. The summed E-state index contributed by atoms with van der Waals surface area (Å²) in [4.78, 5) is 14.8. The molecule has 1 aromatic carbocycles. The summed E-state index contributed by atoms with van der Waals surface area (Å²) in [6.45, 7) is 16.2. The Balaban J connectivity index is 1.80. The van der Waals surface area contributed by atoms with Gasteiger partial charge in [-0.05, 0) is 126 Å². The van der Waals surface area contributed by atoms with Crippen LogP contribution in [0.2, 0.25) is 0 Å². The molecular formula is C41H62N4. The van der Waals surface area contributed by atoms with Crippen LogP contribution in [0.4, 0.5) is 0 Å². The minimum atomic E-state index is 0.00254. The van der Waals surface area contributed by atoms with E-state index in [0.29, 0.717) is 0 Å². The Bertz CT molecular complexity index is 1370. The molecule has 2 aromatic heterocycles. The first-order valence-corrected chi connectivity index (χ1v) is 17.8. The van der Waals surface area contributed by atoms with Crippen molar-refractivity contribution in [2.45, 2.75) is 122 Å². The molecule has 0 unspecified atom stereocenters. The maximum atomic E-state index is 5.11. The molecule has 3 aromatic rings. The highest BCUT2D eigenvalue weighted by Crippen LogP contribution is 2.55. The minimum absolute atomic E-state index is 0.00254. The average molecular weight is 611 g/mol. The van der Waals surface area contributed by atoms with Crippen molar-refractivity contribution in [3.63, 3.8) is 0 Å². The molecular weight excluding hydrogens is 548 g/mol. The van der Waals surface area contributed by atoms with E-state index in [1.165, 1.54) is 90.4 Å². The zero-order chi connectivity index (χ0) is 32.8. The van der Waals surface area contributed by atoms with Crippen molar-refractivity contribution in [3.8, 4) is 22.4 Å². The molecule has 1 aliphatic rings. The highest BCUT2D eigenvalue weighted by molar-refractivity contribution is 5.83. The molecule has 4 nitrogen and oxygen atoms in total. The lowest BCUT2D eigenvalue weighted by atomic mass is 9.69. The molecule has 0 atom stereocenters. The first kappa shape index (κ1) is 35.3. The van der Waals surface area contributed by atoms with Crippen LogP contribution < -0.4 is 0 Å². The zero-order valence-electron chi connectivity index (χ0n) is 30.4. The Kier molecular flexibility index (Phi) is 11.7. The van der Waals surface area contributed by atoms with E-state index in [9.17, 15) is 0 Å². The first-order valence-electron chi connectivity index (χ1n) is 17.8. The number of benzene rings is 1. The van der Waals surface area contributed by atoms with E-state index in [0.717, 1.165) is 31.6 Å². The fourth-order valence-electron chi connectivity index (χ4n) is 6.99. The number of fused-ring (bicyclic) bond motifs is 3. The zero-order valence-corrected chi connectivity index (χ0v) is 30.4. The average Bonchev–Trinajstić information content (AvgIpc) is 3.29. The second kappa shape index (κ2) is 14.9. The van der Waals surface area contributed by atoms with Crippen molar-refractivity contribution < 1.29 is 0 Å². The van der Waals surface area contributed by atoms with E-state index in [4.69, 9.17) is 9.97 Å². The van der Waals surface area contributed by atoms with Gasteiger partial charge >= 0.3 is 0 Å². The van der Waals surface area contributed by atoms with Gasteiger partial charge in [0.15, 0.2) is 0 Å². The van der Waals surface area contributed by atoms with Gasteiger partial charge in [-0.1, -0.05) is 85.4 Å². The third-order valence-electron chi connectivity index (χ3n) is 11.0. The number of pyridine rings is 2. The van der Waals surface area contributed by atoms with Crippen LogP contribution in [0.15, 0.2) is 48.8 Å². The van der Waals surface area contributed by atoms with Gasteiger partial charge in [0.2, 0.25) is 0 Å². The van der Waals surface area contributed by atoms with Crippen molar-refractivity contribution >= 4 is 0 Å². The van der Waals surface area contributed by atoms with Crippen molar-refractivity contribution in [2.24, 2.45) is 0 Å². The molecule has 0 saturated carbocycles. The summed E-state index contributed by atoms with van der Waals surface area (Å²) in [7, 11) is 8.75. The van der Waals surface area contributed by atoms with Crippen LogP contribution >= 0.6 is 0 Å². The Morgan fingerprint density at radius 3 is 1.76 bits per heavy atom. The summed E-state index contributed by atoms with van der Waals surface area (Å²) in [5.74, 6) is 0. The highest BCUT2D eigenvalue weighted by Gasteiger charge is 2.43. The molecule has 1 aliphatic carbocycles. The summed E-state index contributed by atoms with van der Waals surface area (Å²) in [5.41, 5.74) is 10.8. The van der Waals surface area contributed by atoms with Gasteiger partial charge in [-0.15, -0.1) is 0 Å². The molecule has 0 fully saturated rings. The fourth-order valence-corrected chi connectivity index (χ4v) is 6.99. The van der Waals surface area contributed by atoms with Gasteiger partial charge in [-0.2, -0.15) is 0 Å². The topological polar surface area (TPSA) is 32.3 Å². The summed E-state index contributed by atoms with van der Waals surface area (Å²) in [6, 6.07) is 14.2. The number of unbranched alkanes of at least 4 members (excludes halogenated alkanes) is 4. The second-order valence-corrected chi connectivity index (χ2v) is 15.6. The van der Waals surface area contributed by atoms with Crippen molar-refractivity contribution in [1.82, 2.24) is 19.8 Å². The van der Waals surface area contributed by atoms with Gasteiger partial charge in [0, 0.05) is 40.0 Å². The van der Waals surface area contributed by atoms with Crippen molar-refractivity contribution in [2.75, 3.05) is 41.3 Å². The Morgan fingerprint density at radius 2 is 1.22 bits per heavy atom. The Labute approximate surface area is 276 Å². The number of aromatic nitrogens is 2. The van der Waals surface area contributed by atoms with Gasteiger partial charge in [0.1, 0.15) is 0 Å². The van der Waals surface area contributed by atoms with E-state index in [1.54, 1.807) is 0 Å². The lowest BCUT2D eigenvalue weighted by Gasteiger charge is -2.34. The smallest absolute Gasteiger partial charge is 0.0702 e. The number of nitrogens with zero attached hydrogens (tertiary/aromatic N) is 4. The van der Waals surface area contributed by atoms with Crippen LogP contribution in [0.5, 0.6) is 0 Å². The van der Waals surface area contributed by atoms with Gasteiger partial charge < -0.3 is 9.80 Å². The first-order chi connectivity index (χ1) is 21.3. The highest BCUT2D eigenvalue weighted by atomic mass is 15.0. The maximum absolute atomic E-state index is 5.11. The molecule has 0 amide bonds. The van der Waals surface area contributed by atoms with Gasteiger partial charge in [0.05, 0.1) is 5.69 Å². The second-order valence-electron chi connectivity index (χ2n) is 15.6. The number of rotatable bonds is 17. The van der Waals surface area contributed by atoms with Crippen LogP contribution in [0.1, 0.15) is 128 Å². The van der Waals surface area contributed by atoms with Crippen LogP contribution in [0, 0.1) is 0 Å². The molecule has 4 rings (SSSR count). The summed E-state index contributed by atoms with van der Waals surface area (Å²) in [5, 5.41) is 0. The van der Waals surface area contributed by atoms with Crippen molar-refractivity contribution in [1.29, 1.82) is 0 Å². The number of hydrogen-bond donors (Lipinski definition) is 0. The minimum Gasteiger partial charge on any atom is -0.309 e. The summed E-state index contributed by atoms with van der Waals surface area (Å²) < 4.78 is 0. The molecule has 0 saturated heterocycles. The normalized spacial score (nSPS) is 14.3. The molecule has 246 valence electrons. The molecule has 0 N–H and O–H groups in total. The lowest BCUT2D eigenvalue weighted by molar-refractivity contribution is 0.358. The molecule has 0 bridgehead atoms. The van der Waals surface area contributed by atoms with Crippen LogP contribution in [0.25, 0.3) is 22.4 Å². The standard InChI is InChI=1S/C41H62N4/c1-11-39(3,4)32-20-22-37(42-29-32)31-19-21-33-34-30-43-38(40(5,6)12-2)28-36(34)41(35(33)27-31,23-15-13-17-25-44(7)8)24-16-14-18-26-45(9)10/h19-22,27-30H,11-18,23-26H2,1-10H3.